The van der Waals surface area contributed by atoms with Crippen molar-refractivity contribution in [3.05, 3.63) is 102 Å². The number of hydrogen-bond donors (Lipinski definition) is 1. The van der Waals surface area contributed by atoms with Crippen LogP contribution in [-0.2, 0) is 19.7 Å². The van der Waals surface area contributed by atoms with Gasteiger partial charge in [-0.05, 0) is 42.3 Å². The summed E-state index contributed by atoms with van der Waals surface area (Å²) in [6, 6.07) is 22.0. The number of benzene rings is 3. The van der Waals surface area contributed by atoms with Gasteiger partial charge in [0.25, 0.3) is 0 Å². The van der Waals surface area contributed by atoms with E-state index in [9.17, 15) is 21.9 Å². The van der Waals surface area contributed by atoms with Gasteiger partial charge in [0, 0.05) is 6.42 Å². The molecule has 31 heavy (non-hydrogen) atoms. The third-order valence-electron chi connectivity index (χ3n) is 5.72. The zero-order valence-electron chi connectivity index (χ0n) is 16.8. The molecule has 0 fully saturated rings. The summed E-state index contributed by atoms with van der Waals surface area (Å²) in [5.74, 6) is 0. The summed E-state index contributed by atoms with van der Waals surface area (Å²) >= 11 is 0. The molecule has 3 aromatic rings. The lowest BCUT2D eigenvalue weighted by Crippen LogP contribution is -2.53. The third kappa shape index (κ3) is 3.24. The molecule has 7 heteroatoms. The second kappa shape index (κ2) is 7.75. The van der Waals surface area contributed by atoms with Crippen molar-refractivity contribution in [2.75, 3.05) is 0 Å². The first-order valence-corrected chi connectivity index (χ1v) is 12.7. The van der Waals surface area contributed by atoms with Crippen LogP contribution in [0.3, 0.4) is 0 Å². The summed E-state index contributed by atoms with van der Waals surface area (Å²) in [7, 11) is -8.99. The van der Waals surface area contributed by atoms with Gasteiger partial charge in [0.05, 0.1) is 9.79 Å². The Bertz CT molecular complexity index is 1260. The molecule has 1 aliphatic carbocycles. The molecule has 0 radical (unpaired) electrons. The van der Waals surface area contributed by atoms with Crippen molar-refractivity contribution in [1.82, 2.24) is 0 Å². The second-order valence-electron chi connectivity index (χ2n) is 7.58. The molecule has 0 aliphatic heterocycles. The summed E-state index contributed by atoms with van der Waals surface area (Å²) in [5, 5.41) is 11.4. The van der Waals surface area contributed by atoms with Gasteiger partial charge in [0.2, 0.25) is 23.8 Å². The monoisotopic (exact) mass is 454 g/mol. The molecule has 0 aromatic heterocycles. The molecule has 5 nitrogen and oxygen atoms in total. The molecule has 0 amide bonds. The van der Waals surface area contributed by atoms with Crippen molar-refractivity contribution in [2.24, 2.45) is 0 Å². The highest BCUT2D eigenvalue weighted by molar-refractivity contribution is 8.10. The van der Waals surface area contributed by atoms with E-state index in [4.69, 9.17) is 0 Å². The normalized spacial score (nSPS) is 18.5. The quantitative estimate of drug-likeness (QED) is 0.634. The molecule has 3 aromatic carbocycles. The van der Waals surface area contributed by atoms with Crippen LogP contribution in [-0.4, -0.2) is 32.1 Å². The minimum Gasteiger partial charge on any atom is -0.386 e. The van der Waals surface area contributed by atoms with Gasteiger partial charge in [-0.2, -0.15) is 0 Å². The zero-order valence-corrected chi connectivity index (χ0v) is 18.5. The highest BCUT2D eigenvalue weighted by atomic mass is 32.3. The molecular formula is C24H22O5S2. The lowest BCUT2D eigenvalue weighted by molar-refractivity contribution is 0.217. The topological polar surface area (TPSA) is 88.5 Å². The number of aliphatic hydroxyl groups excluding tert-OH is 1. The molecule has 1 N–H and O–H groups in total. The standard InChI is InChI=1S/C24H22O5S2/c1-18-12-14-19(15-13-18)22-16-17-24(23(22)25,30(26,27)20-8-4-2-5-9-20)31(28,29)21-10-6-3-7-11-21/h2-16,23,25H,17H2,1H3. The Hall–Kier alpha value is -2.74. The maximum atomic E-state index is 13.8. The van der Waals surface area contributed by atoms with E-state index in [1.807, 2.05) is 19.1 Å². The predicted molar refractivity (Wildman–Crippen MR) is 120 cm³/mol. The molecule has 0 saturated heterocycles. The lowest BCUT2D eigenvalue weighted by Gasteiger charge is -2.33. The number of sulfone groups is 2. The van der Waals surface area contributed by atoms with Gasteiger partial charge in [0.15, 0.2) is 0 Å². The van der Waals surface area contributed by atoms with E-state index in [0.717, 1.165) is 5.56 Å². The number of rotatable bonds is 5. The van der Waals surface area contributed by atoms with Crippen molar-refractivity contribution in [3.63, 3.8) is 0 Å². The smallest absolute Gasteiger partial charge is 0.215 e. The third-order valence-corrected chi connectivity index (χ3v) is 11.4. The largest absolute Gasteiger partial charge is 0.386 e. The van der Waals surface area contributed by atoms with Crippen LogP contribution in [0, 0.1) is 6.92 Å². The van der Waals surface area contributed by atoms with Crippen LogP contribution >= 0.6 is 0 Å². The Morgan fingerprint density at radius 2 is 1.19 bits per heavy atom. The summed E-state index contributed by atoms with van der Waals surface area (Å²) in [5.41, 5.74) is 1.88. The Labute approximate surface area is 182 Å². The van der Waals surface area contributed by atoms with E-state index in [-0.39, 0.29) is 16.2 Å². The van der Waals surface area contributed by atoms with E-state index in [1.165, 1.54) is 54.6 Å². The van der Waals surface area contributed by atoms with Crippen molar-refractivity contribution in [3.8, 4) is 0 Å². The van der Waals surface area contributed by atoms with Crippen molar-refractivity contribution in [1.29, 1.82) is 0 Å². The maximum Gasteiger partial charge on any atom is 0.215 e. The Kier molecular flexibility index (Phi) is 5.37. The van der Waals surface area contributed by atoms with Gasteiger partial charge in [-0.1, -0.05) is 72.3 Å². The fraction of sp³-hybridized carbons (Fsp3) is 0.167. The zero-order chi connectivity index (χ0) is 22.3. The van der Waals surface area contributed by atoms with E-state index in [1.54, 1.807) is 24.3 Å². The molecule has 0 heterocycles. The van der Waals surface area contributed by atoms with Gasteiger partial charge in [-0.15, -0.1) is 0 Å². The second-order valence-corrected chi connectivity index (χ2v) is 12.2. The lowest BCUT2D eigenvalue weighted by atomic mass is 10.0. The van der Waals surface area contributed by atoms with Gasteiger partial charge in [-0.25, -0.2) is 16.8 Å². The Balaban J connectivity index is 1.95. The minimum absolute atomic E-state index is 0.146. The van der Waals surface area contributed by atoms with Crippen LogP contribution in [0.25, 0.3) is 5.57 Å². The first-order chi connectivity index (χ1) is 14.7. The van der Waals surface area contributed by atoms with Crippen LogP contribution in [0.4, 0.5) is 0 Å². The number of aliphatic hydroxyl groups is 1. The van der Waals surface area contributed by atoms with Crippen LogP contribution in [0.5, 0.6) is 0 Å². The molecule has 1 aliphatic rings. The fourth-order valence-electron chi connectivity index (χ4n) is 3.99. The van der Waals surface area contributed by atoms with E-state index < -0.39 is 29.9 Å². The average molecular weight is 455 g/mol. The number of allylic oxidation sites excluding steroid dienone is 1. The van der Waals surface area contributed by atoms with E-state index in [0.29, 0.717) is 11.1 Å². The summed E-state index contributed by atoms with van der Waals surface area (Å²) in [4.78, 5) is -0.292. The molecule has 1 unspecified atom stereocenters. The first kappa shape index (κ1) is 21.5. The molecule has 0 spiro atoms. The molecule has 1 atom stereocenters. The first-order valence-electron chi connectivity index (χ1n) is 9.76. The predicted octanol–water partition coefficient (Wildman–Crippen LogP) is 3.79. The minimum atomic E-state index is -4.49. The van der Waals surface area contributed by atoms with Crippen molar-refractivity contribution in [2.45, 2.75) is 33.3 Å². The van der Waals surface area contributed by atoms with Crippen molar-refractivity contribution < 1.29 is 21.9 Å². The molecule has 4 rings (SSSR count). The van der Waals surface area contributed by atoms with Crippen LogP contribution < -0.4 is 0 Å². The van der Waals surface area contributed by atoms with Gasteiger partial charge in [-0.3, -0.25) is 0 Å². The van der Waals surface area contributed by atoms with Gasteiger partial charge < -0.3 is 5.11 Å². The van der Waals surface area contributed by atoms with Crippen molar-refractivity contribution >= 4 is 25.2 Å². The Morgan fingerprint density at radius 3 is 1.65 bits per heavy atom. The molecule has 0 saturated carbocycles. The van der Waals surface area contributed by atoms with Gasteiger partial charge >= 0.3 is 0 Å². The molecular weight excluding hydrogens is 432 g/mol. The highest BCUT2D eigenvalue weighted by Gasteiger charge is 2.63. The molecule has 160 valence electrons. The highest BCUT2D eigenvalue weighted by Crippen LogP contribution is 2.49. The summed E-state index contributed by atoms with van der Waals surface area (Å²) in [6.45, 7) is 1.91. The van der Waals surface area contributed by atoms with Crippen LogP contribution in [0.2, 0.25) is 0 Å². The van der Waals surface area contributed by atoms with Crippen LogP contribution in [0.15, 0.2) is 101 Å². The van der Waals surface area contributed by atoms with Crippen LogP contribution in [0.1, 0.15) is 17.5 Å². The molecule has 0 bridgehead atoms. The summed E-state index contributed by atoms with van der Waals surface area (Å²) in [6.07, 6.45) is -0.590. The van der Waals surface area contributed by atoms with Gasteiger partial charge in [0.1, 0.15) is 6.10 Å². The average Bonchev–Trinajstić information content (AvgIpc) is 3.14. The van der Waals surface area contributed by atoms with E-state index >= 15 is 0 Å². The number of aryl methyl sites for hydroxylation is 1. The Morgan fingerprint density at radius 1 is 0.742 bits per heavy atom. The fourth-order valence-corrected chi connectivity index (χ4v) is 9.00. The SMILES string of the molecule is Cc1ccc(C2=CCC(S(=O)(=O)c3ccccc3)(S(=O)(=O)c3ccccc3)C2O)cc1. The van der Waals surface area contributed by atoms with E-state index in [2.05, 4.69) is 0 Å². The summed E-state index contributed by atoms with van der Waals surface area (Å²) < 4.78 is 52.9. The maximum absolute atomic E-state index is 13.8. The number of hydrogen-bond acceptors (Lipinski definition) is 5.